The smallest absolute Gasteiger partial charge is 0.331 e. The van der Waals surface area contributed by atoms with Crippen LogP contribution in [-0.2, 0) is 28.7 Å². The highest BCUT2D eigenvalue weighted by molar-refractivity contribution is 7.13. The first-order valence-electron chi connectivity index (χ1n) is 14.2. The van der Waals surface area contributed by atoms with E-state index in [0.29, 0.717) is 23.5 Å². The second kappa shape index (κ2) is 12.7. The molecule has 0 aromatic carbocycles. The van der Waals surface area contributed by atoms with Crippen molar-refractivity contribution in [2.45, 2.75) is 83.3 Å². The van der Waals surface area contributed by atoms with E-state index in [1.54, 1.807) is 49.7 Å². The number of esters is 2. The predicted molar refractivity (Wildman–Crippen MR) is 154 cm³/mol. The third kappa shape index (κ3) is 6.30. The third-order valence-electron chi connectivity index (χ3n) is 8.68. The molecule has 2 aliphatic heterocycles. The molecule has 1 saturated carbocycles. The monoisotopic (exact) mass is 585 g/mol. The Bertz CT molecular complexity index is 1240. The molecule has 3 heterocycles. The molecular formula is C30H39N3O7S. The number of thiazole rings is 1. The van der Waals surface area contributed by atoms with Gasteiger partial charge in [0.15, 0.2) is 5.13 Å². The number of anilines is 1. The number of nitrogens with one attached hydrogen (secondary N) is 2. The number of piperidine rings is 1. The second-order valence-electron chi connectivity index (χ2n) is 11.3. The van der Waals surface area contributed by atoms with Gasteiger partial charge in [-0.25, -0.2) is 9.78 Å². The SMILES string of the molecule is C1CCNCC1.CC(=O)O[C@]12CCC(C(=O)O)=CC[C@]13CC[C@H]2[C@@](C)(/C=C/C=C(\C)C(=O)Nc1nccs1)OC3=O. The summed E-state index contributed by atoms with van der Waals surface area (Å²) in [5.41, 5.74) is -2.76. The van der Waals surface area contributed by atoms with Gasteiger partial charge in [0.2, 0.25) is 0 Å². The molecule has 4 atom stereocenters. The Balaban J connectivity index is 0.000000572. The van der Waals surface area contributed by atoms with Gasteiger partial charge in [0, 0.05) is 35.6 Å². The molecule has 41 heavy (non-hydrogen) atoms. The zero-order valence-corrected chi connectivity index (χ0v) is 24.7. The number of rotatable bonds is 6. The average Bonchev–Trinajstić information content (AvgIpc) is 3.49. The Hall–Kier alpha value is -3.31. The van der Waals surface area contributed by atoms with Crippen LogP contribution in [0.5, 0.6) is 0 Å². The fraction of sp³-hybridized carbons (Fsp3) is 0.567. The summed E-state index contributed by atoms with van der Waals surface area (Å²) in [6, 6.07) is 0. The van der Waals surface area contributed by atoms with Crippen molar-refractivity contribution < 1.29 is 33.8 Å². The van der Waals surface area contributed by atoms with Crippen molar-refractivity contribution in [3.63, 3.8) is 0 Å². The predicted octanol–water partition coefficient (Wildman–Crippen LogP) is 4.55. The van der Waals surface area contributed by atoms with E-state index in [0.717, 1.165) is 0 Å². The molecule has 5 rings (SSSR count). The molecule has 11 heteroatoms. The maximum absolute atomic E-state index is 13.5. The quantitative estimate of drug-likeness (QED) is 0.249. The van der Waals surface area contributed by atoms with Gasteiger partial charge in [0.25, 0.3) is 5.91 Å². The summed E-state index contributed by atoms with van der Waals surface area (Å²) in [6.45, 7) is 7.23. The Morgan fingerprint density at radius 3 is 2.56 bits per heavy atom. The van der Waals surface area contributed by atoms with Crippen LogP contribution in [0.3, 0.4) is 0 Å². The molecule has 2 aliphatic carbocycles. The van der Waals surface area contributed by atoms with Crippen molar-refractivity contribution in [3.8, 4) is 0 Å². The van der Waals surface area contributed by atoms with Crippen LogP contribution >= 0.6 is 11.3 Å². The fourth-order valence-corrected chi connectivity index (χ4v) is 7.14. The summed E-state index contributed by atoms with van der Waals surface area (Å²) in [6.07, 6.45) is 13.9. The van der Waals surface area contributed by atoms with E-state index >= 15 is 0 Å². The van der Waals surface area contributed by atoms with Gasteiger partial charge in [-0.1, -0.05) is 24.6 Å². The zero-order chi connectivity index (χ0) is 29.7. The van der Waals surface area contributed by atoms with E-state index in [2.05, 4.69) is 15.6 Å². The molecule has 1 aromatic heterocycles. The molecule has 4 aliphatic rings. The molecule has 3 N–H and O–H groups in total. The number of carboxylic acid groups (broad SMARTS) is 1. The van der Waals surface area contributed by atoms with Crippen LogP contribution in [0.4, 0.5) is 5.13 Å². The minimum atomic E-state index is -1.18. The van der Waals surface area contributed by atoms with Crippen LogP contribution in [-0.4, -0.2) is 58.2 Å². The van der Waals surface area contributed by atoms with Crippen molar-refractivity contribution in [1.82, 2.24) is 10.3 Å². The molecule has 2 bridgehead atoms. The minimum absolute atomic E-state index is 0.146. The molecule has 0 spiro atoms. The maximum atomic E-state index is 13.5. The lowest BCUT2D eigenvalue weighted by Crippen LogP contribution is -2.65. The number of ether oxygens (including phenoxy) is 2. The van der Waals surface area contributed by atoms with Gasteiger partial charge < -0.3 is 19.9 Å². The number of allylic oxidation sites excluding steroid dienone is 3. The third-order valence-corrected chi connectivity index (χ3v) is 9.37. The fourth-order valence-electron chi connectivity index (χ4n) is 6.62. The number of hydrogen-bond acceptors (Lipinski definition) is 9. The number of carbonyl (C=O) groups excluding carboxylic acids is 3. The van der Waals surface area contributed by atoms with Crippen molar-refractivity contribution in [3.05, 3.63) is 47.0 Å². The molecule has 0 unspecified atom stereocenters. The van der Waals surface area contributed by atoms with Crippen molar-refractivity contribution >= 4 is 40.3 Å². The molecule has 0 radical (unpaired) electrons. The molecule has 3 fully saturated rings. The molecule has 2 saturated heterocycles. The van der Waals surface area contributed by atoms with Gasteiger partial charge >= 0.3 is 17.9 Å². The lowest BCUT2D eigenvalue weighted by Gasteiger charge is -2.54. The maximum Gasteiger partial charge on any atom is 0.331 e. The molecule has 222 valence electrons. The van der Waals surface area contributed by atoms with Gasteiger partial charge in [-0.2, -0.15) is 0 Å². The Labute approximate surface area is 244 Å². The lowest BCUT2D eigenvalue weighted by atomic mass is 9.62. The van der Waals surface area contributed by atoms with Crippen LogP contribution in [0.1, 0.15) is 72.1 Å². The van der Waals surface area contributed by atoms with Crippen molar-refractivity contribution in [2.75, 3.05) is 18.4 Å². The van der Waals surface area contributed by atoms with Crippen LogP contribution in [0, 0.1) is 11.3 Å². The first-order chi connectivity index (χ1) is 19.5. The highest BCUT2D eigenvalue weighted by atomic mass is 32.1. The normalized spacial score (nSPS) is 31.1. The largest absolute Gasteiger partial charge is 0.478 e. The molecular weight excluding hydrogens is 546 g/mol. The number of carbonyl (C=O) groups is 4. The van der Waals surface area contributed by atoms with E-state index < -0.39 is 34.5 Å². The molecule has 1 amide bonds. The number of amides is 1. The summed E-state index contributed by atoms with van der Waals surface area (Å²) < 4.78 is 11.9. The second-order valence-corrected chi connectivity index (χ2v) is 12.2. The summed E-state index contributed by atoms with van der Waals surface area (Å²) in [7, 11) is 0. The van der Waals surface area contributed by atoms with Gasteiger partial charge in [-0.05, 0) is 78.0 Å². The first-order valence-corrected chi connectivity index (χ1v) is 15.0. The van der Waals surface area contributed by atoms with Crippen molar-refractivity contribution in [2.24, 2.45) is 11.3 Å². The highest BCUT2D eigenvalue weighted by Gasteiger charge is 2.74. The van der Waals surface area contributed by atoms with E-state index in [-0.39, 0.29) is 36.7 Å². The Morgan fingerprint density at radius 2 is 1.98 bits per heavy atom. The Kier molecular flexibility index (Phi) is 9.48. The standard InChI is InChI=1S/C25H28N2O7S.C5H11N/c1-15(19(29)27-22-26-13-14-35-22)5-4-9-23(3)18-8-11-24(21(32)34-23)10-6-17(20(30)31)7-12-25(18,24)33-16(2)28;1-2-4-6-5-3-1/h4-6,9,13-14,18H,7-8,10-12H2,1-3H3,(H,30,31)(H,26,27,29);6H,1-5H2/b9-4+,15-5+;/t18-,23+,24+,25-;/m0./s1. The number of carboxylic acids is 1. The summed E-state index contributed by atoms with van der Waals surface area (Å²) >= 11 is 1.31. The van der Waals surface area contributed by atoms with Gasteiger partial charge in [-0.15, -0.1) is 11.3 Å². The summed E-state index contributed by atoms with van der Waals surface area (Å²) in [5, 5.41) is 17.8. The van der Waals surface area contributed by atoms with Gasteiger partial charge in [0.1, 0.15) is 16.6 Å². The summed E-state index contributed by atoms with van der Waals surface area (Å²) in [5.74, 6) is -2.73. The van der Waals surface area contributed by atoms with Crippen LogP contribution in [0.25, 0.3) is 0 Å². The number of nitrogens with zero attached hydrogens (tertiary/aromatic N) is 1. The zero-order valence-electron chi connectivity index (χ0n) is 23.9. The van der Waals surface area contributed by atoms with E-state index in [4.69, 9.17) is 9.47 Å². The van der Waals surface area contributed by atoms with E-state index in [9.17, 15) is 24.3 Å². The highest BCUT2D eigenvalue weighted by Crippen LogP contribution is 2.65. The van der Waals surface area contributed by atoms with Crippen molar-refractivity contribution in [1.29, 1.82) is 0 Å². The molecule has 1 aromatic rings. The lowest BCUT2D eigenvalue weighted by molar-refractivity contribution is -0.235. The minimum Gasteiger partial charge on any atom is -0.478 e. The Morgan fingerprint density at radius 1 is 1.22 bits per heavy atom. The van der Waals surface area contributed by atoms with Gasteiger partial charge in [0.05, 0.1) is 0 Å². The van der Waals surface area contributed by atoms with Gasteiger partial charge in [-0.3, -0.25) is 19.7 Å². The van der Waals surface area contributed by atoms with E-state index in [1.807, 2.05) is 0 Å². The molecule has 10 nitrogen and oxygen atoms in total. The summed E-state index contributed by atoms with van der Waals surface area (Å²) in [4.78, 5) is 53.9. The van der Waals surface area contributed by atoms with E-state index in [1.165, 1.54) is 50.6 Å². The number of aromatic nitrogens is 1. The first kappa shape index (κ1) is 30.6. The average molecular weight is 586 g/mol. The topological polar surface area (TPSA) is 144 Å². The number of cyclic esters (lactones) is 1. The number of aliphatic carboxylic acids is 1. The van der Waals surface area contributed by atoms with Crippen LogP contribution in [0.15, 0.2) is 47.0 Å². The van der Waals surface area contributed by atoms with Crippen LogP contribution in [0.2, 0.25) is 0 Å². The number of hydrogen-bond donors (Lipinski definition) is 3. The van der Waals surface area contributed by atoms with Crippen LogP contribution < -0.4 is 10.6 Å².